The van der Waals surface area contributed by atoms with Gasteiger partial charge in [-0.15, -0.1) is 0 Å². The molecule has 1 amide bonds. The molecule has 0 bridgehead atoms. The molecule has 3 rings (SSSR count). The zero-order chi connectivity index (χ0) is 24.9. The monoisotopic (exact) mass is 504 g/mol. The summed E-state index contributed by atoms with van der Waals surface area (Å²) in [7, 11) is -0.856. The molecule has 0 saturated carbocycles. The SMILES string of the molecule is COc1cc(NC(=O)COc2ccc(S(=O)(=O)Nc3ccc(C)c(C)c3)cc2)c(OC)cc1Cl. The number of methoxy groups -OCH3 is 2. The Bertz CT molecular complexity index is 1290. The number of hydrogen-bond acceptors (Lipinski definition) is 6. The van der Waals surface area contributed by atoms with Crippen LogP contribution >= 0.6 is 11.6 Å². The van der Waals surface area contributed by atoms with Crippen molar-refractivity contribution >= 4 is 38.9 Å². The van der Waals surface area contributed by atoms with E-state index in [1.54, 1.807) is 18.2 Å². The third-order valence-electron chi connectivity index (χ3n) is 5.01. The third-order valence-corrected chi connectivity index (χ3v) is 6.70. The van der Waals surface area contributed by atoms with Gasteiger partial charge in [0.2, 0.25) is 0 Å². The highest BCUT2D eigenvalue weighted by molar-refractivity contribution is 7.92. The van der Waals surface area contributed by atoms with Crippen molar-refractivity contribution in [3.8, 4) is 17.2 Å². The van der Waals surface area contributed by atoms with E-state index in [9.17, 15) is 13.2 Å². The molecule has 3 aromatic carbocycles. The van der Waals surface area contributed by atoms with Crippen LogP contribution in [0.2, 0.25) is 5.02 Å². The zero-order valence-electron chi connectivity index (χ0n) is 19.1. The van der Waals surface area contributed by atoms with Gasteiger partial charge in [-0.3, -0.25) is 9.52 Å². The molecule has 0 aliphatic carbocycles. The fourth-order valence-corrected chi connectivity index (χ4v) is 4.31. The smallest absolute Gasteiger partial charge is 0.262 e. The van der Waals surface area contributed by atoms with Crippen molar-refractivity contribution in [3.05, 3.63) is 70.7 Å². The summed E-state index contributed by atoms with van der Waals surface area (Å²) in [5, 5.41) is 3.01. The van der Waals surface area contributed by atoms with Gasteiger partial charge in [0.1, 0.15) is 17.2 Å². The first-order valence-corrected chi connectivity index (χ1v) is 12.0. The predicted molar refractivity (Wildman–Crippen MR) is 132 cm³/mol. The first kappa shape index (κ1) is 25.2. The lowest BCUT2D eigenvalue weighted by Gasteiger charge is -2.14. The number of rotatable bonds is 9. The average molecular weight is 505 g/mol. The Kier molecular flexibility index (Phi) is 7.90. The number of anilines is 2. The van der Waals surface area contributed by atoms with Crippen LogP contribution in [-0.4, -0.2) is 35.2 Å². The minimum Gasteiger partial charge on any atom is -0.495 e. The summed E-state index contributed by atoms with van der Waals surface area (Å²) in [4.78, 5) is 12.4. The van der Waals surface area contributed by atoms with Crippen LogP contribution in [0.1, 0.15) is 11.1 Å². The van der Waals surface area contributed by atoms with Gasteiger partial charge in [-0.1, -0.05) is 17.7 Å². The lowest BCUT2D eigenvalue weighted by molar-refractivity contribution is -0.118. The summed E-state index contributed by atoms with van der Waals surface area (Å²) in [6.07, 6.45) is 0. The molecule has 8 nitrogen and oxygen atoms in total. The quantitative estimate of drug-likeness (QED) is 0.434. The number of hydrogen-bond donors (Lipinski definition) is 2. The molecule has 10 heteroatoms. The van der Waals surface area contributed by atoms with Crippen molar-refractivity contribution in [1.82, 2.24) is 0 Å². The van der Waals surface area contributed by atoms with Gasteiger partial charge in [0, 0.05) is 17.8 Å². The van der Waals surface area contributed by atoms with Crippen molar-refractivity contribution < 1.29 is 27.4 Å². The van der Waals surface area contributed by atoms with Gasteiger partial charge < -0.3 is 19.5 Å². The van der Waals surface area contributed by atoms with E-state index in [4.69, 9.17) is 25.8 Å². The van der Waals surface area contributed by atoms with Crippen LogP contribution in [0, 0.1) is 13.8 Å². The highest BCUT2D eigenvalue weighted by Crippen LogP contribution is 2.35. The van der Waals surface area contributed by atoms with Gasteiger partial charge >= 0.3 is 0 Å². The summed E-state index contributed by atoms with van der Waals surface area (Å²) < 4.78 is 43.8. The Hall–Kier alpha value is -3.43. The fraction of sp³-hybridized carbons (Fsp3) is 0.208. The maximum atomic E-state index is 12.7. The molecular weight excluding hydrogens is 480 g/mol. The van der Waals surface area contributed by atoms with E-state index >= 15 is 0 Å². The minimum atomic E-state index is -3.77. The first-order valence-electron chi connectivity index (χ1n) is 10.2. The van der Waals surface area contributed by atoms with Gasteiger partial charge in [0.15, 0.2) is 6.61 Å². The lowest BCUT2D eigenvalue weighted by Crippen LogP contribution is -2.20. The summed E-state index contributed by atoms with van der Waals surface area (Å²) in [5.41, 5.74) is 2.91. The highest BCUT2D eigenvalue weighted by Gasteiger charge is 2.16. The number of carbonyl (C=O) groups is 1. The van der Waals surface area contributed by atoms with E-state index in [2.05, 4.69) is 10.0 Å². The van der Waals surface area contributed by atoms with Crippen molar-refractivity contribution in [2.24, 2.45) is 0 Å². The molecule has 0 aliphatic rings. The van der Waals surface area contributed by atoms with Crippen LogP contribution in [0.4, 0.5) is 11.4 Å². The van der Waals surface area contributed by atoms with E-state index in [0.29, 0.717) is 33.6 Å². The van der Waals surface area contributed by atoms with Gasteiger partial charge in [0.05, 0.1) is 29.8 Å². The standard InChI is InChI=1S/C24H25ClN2O6S/c1-15-5-6-17(11-16(15)2)27-34(29,30)19-9-7-18(8-10-19)33-14-24(28)26-21-13-22(31-3)20(25)12-23(21)32-4/h5-13,27H,14H2,1-4H3,(H,26,28). The number of halogens is 1. The minimum absolute atomic E-state index is 0.0699. The molecule has 34 heavy (non-hydrogen) atoms. The normalized spacial score (nSPS) is 11.0. The second-order valence-corrected chi connectivity index (χ2v) is 9.49. The summed E-state index contributed by atoms with van der Waals surface area (Å²) >= 11 is 6.07. The number of sulfonamides is 1. The van der Waals surface area contributed by atoms with E-state index in [-0.39, 0.29) is 11.5 Å². The van der Waals surface area contributed by atoms with Gasteiger partial charge in [-0.05, 0) is 61.4 Å². The molecule has 3 aromatic rings. The number of amides is 1. The second kappa shape index (κ2) is 10.7. The van der Waals surface area contributed by atoms with Crippen LogP contribution in [0.15, 0.2) is 59.5 Å². The molecule has 2 N–H and O–H groups in total. The fourth-order valence-electron chi connectivity index (χ4n) is 3.03. The van der Waals surface area contributed by atoms with E-state index in [1.165, 1.54) is 44.6 Å². The average Bonchev–Trinajstić information content (AvgIpc) is 2.81. The molecule has 0 atom stereocenters. The molecule has 0 radical (unpaired) electrons. The van der Waals surface area contributed by atoms with Crippen molar-refractivity contribution in [2.45, 2.75) is 18.7 Å². The van der Waals surface area contributed by atoms with Crippen molar-refractivity contribution in [2.75, 3.05) is 30.9 Å². The number of nitrogens with one attached hydrogen (secondary N) is 2. The van der Waals surface area contributed by atoms with Crippen LogP contribution in [0.5, 0.6) is 17.2 Å². The molecule has 180 valence electrons. The first-order chi connectivity index (χ1) is 16.1. The van der Waals surface area contributed by atoms with E-state index in [0.717, 1.165) is 11.1 Å². The molecule has 0 fully saturated rings. The third kappa shape index (κ3) is 6.12. The van der Waals surface area contributed by atoms with E-state index in [1.807, 2.05) is 19.9 Å². The maximum Gasteiger partial charge on any atom is 0.262 e. The molecule has 0 aromatic heterocycles. The number of benzene rings is 3. The molecule has 0 aliphatic heterocycles. The van der Waals surface area contributed by atoms with Crippen LogP contribution in [0.3, 0.4) is 0 Å². The number of aryl methyl sites for hydroxylation is 2. The van der Waals surface area contributed by atoms with Crippen molar-refractivity contribution in [1.29, 1.82) is 0 Å². The van der Waals surface area contributed by atoms with Gasteiger partial charge in [0.25, 0.3) is 15.9 Å². The molecule has 0 saturated heterocycles. The van der Waals surface area contributed by atoms with Gasteiger partial charge in [-0.2, -0.15) is 0 Å². The largest absolute Gasteiger partial charge is 0.495 e. The number of carbonyl (C=O) groups excluding carboxylic acids is 1. The molecule has 0 heterocycles. The predicted octanol–water partition coefficient (Wildman–Crippen LogP) is 4.79. The summed E-state index contributed by atoms with van der Waals surface area (Å²) in [6, 6.07) is 14.2. The Morgan fingerprint density at radius 1 is 0.912 bits per heavy atom. The van der Waals surface area contributed by atoms with Crippen LogP contribution in [0.25, 0.3) is 0 Å². The Morgan fingerprint density at radius 2 is 1.59 bits per heavy atom. The van der Waals surface area contributed by atoms with Gasteiger partial charge in [-0.25, -0.2) is 8.42 Å². The Morgan fingerprint density at radius 3 is 2.21 bits per heavy atom. The summed E-state index contributed by atoms with van der Waals surface area (Å²) in [6.45, 7) is 3.56. The van der Waals surface area contributed by atoms with Crippen LogP contribution in [-0.2, 0) is 14.8 Å². The molecule has 0 spiro atoms. The topological polar surface area (TPSA) is 103 Å². The maximum absolute atomic E-state index is 12.7. The van der Waals surface area contributed by atoms with Crippen LogP contribution < -0.4 is 24.2 Å². The number of ether oxygens (including phenoxy) is 3. The molecular formula is C24H25ClN2O6S. The highest BCUT2D eigenvalue weighted by atomic mass is 35.5. The second-order valence-electron chi connectivity index (χ2n) is 7.40. The van der Waals surface area contributed by atoms with E-state index < -0.39 is 15.9 Å². The zero-order valence-corrected chi connectivity index (χ0v) is 20.7. The Labute approximate surface area is 203 Å². The lowest BCUT2D eigenvalue weighted by atomic mass is 10.1. The molecule has 0 unspecified atom stereocenters. The van der Waals surface area contributed by atoms with Crippen molar-refractivity contribution in [3.63, 3.8) is 0 Å². The summed E-state index contributed by atoms with van der Waals surface area (Å²) in [5.74, 6) is 0.631. The Balaban J connectivity index is 1.62.